The number of benzene rings is 1. The van der Waals surface area contributed by atoms with E-state index in [0.29, 0.717) is 0 Å². The second-order valence-corrected chi connectivity index (χ2v) is 8.79. The summed E-state index contributed by atoms with van der Waals surface area (Å²) in [6.45, 7) is 7.67. The zero-order chi connectivity index (χ0) is 21.5. The van der Waals surface area contributed by atoms with Gasteiger partial charge in [0.1, 0.15) is 5.76 Å². The number of rotatable bonds is 7. The minimum Gasteiger partial charge on any atom is -0.468 e. The molecule has 1 aromatic carbocycles. The molecule has 1 aromatic heterocycles. The van der Waals surface area contributed by atoms with Crippen LogP contribution in [0.25, 0.3) is 0 Å². The molecule has 1 unspecified atom stereocenters. The van der Waals surface area contributed by atoms with E-state index in [2.05, 4.69) is 57.8 Å². The van der Waals surface area contributed by atoms with Gasteiger partial charge in [0.15, 0.2) is 5.96 Å². The first-order chi connectivity index (χ1) is 15.2. The maximum atomic E-state index is 5.76. The second-order valence-electron chi connectivity index (χ2n) is 8.79. The Balaban J connectivity index is 0.00000289. The first-order valence-corrected chi connectivity index (χ1v) is 11.6. The molecule has 0 aliphatic carbocycles. The van der Waals surface area contributed by atoms with E-state index < -0.39 is 0 Å². The van der Waals surface area contributed by atoms with Crippen molar-refractivity contribution in [2.45, 2.75) is 44.1 Å². The fourth-order valence-corrected chi connectivity index (χ4v) is 5.08. The first kappa shape index (κ1) is 25.1. The van der Waals surface area contributed by atoms with E-state index in [-0.39, 0.29) is 35.4 Å². The van der Waals surface area contributed by atoms with E-state index >= 15 is 0 Å². The molecule has 3 heterocycles. The number of halogens is 1. The molecule has 0 spiro atoms. The highest BCUT2D eigenvalue weighted by Gasteiger charge is 2.35. The molecular formula is C25H37IN4O2. The van der Waals surface area contributed by atoms with Gasteiger partial charge in [0.05, 0.1) is 12.3 Å². The molecule has 0 amide bonds. The summed E-state index contributed by atoms with van der Waals surface area (Å²) >= 11 is 0. The van der Waals surface area contributed by atoms with Crippen LogP contribution in [-0.4, -0.2) is 57.3 Å². The highest BCUT2D eigenvalue weighted by Crippen LogP contribution is 2.36. The third-order valence-corrected chi connectivity index (χ3v) is 6.90. The largest absolute Gasteiger partial charge is 0.468 e. The lowest BCUT2D eigenvalue weighted by atomic mass is 9.72. The van der Waals surface area contributed by atoms with Crippen molar-refractivity contribution in [2.24, 2.45) is 4.99 Å². The van der Waals surface area contributed by atoms with Crippen molar-refractivity contribution in [3.8, 4) is 0 Å². The van der Waals surface area contributed by atoms with Crippen LogP contribution >= 0.6 is 24.0 Å². The quantitative estimate of drug-likeness (QED) is 0.306. The normalized spacial score (nSPS) is 19.9. The zero-order valence-corrected chi connectivity index (χ0v) is 21.6. The first-order valence-electron chi connectivity index (χ1n) is 11.6. The molecule has 2 fully saturated rings. The minimum atomic E-state index is 0. The summed E-state index contributed by atoms with van der Waals surface area (Å²) in [6, 6.07) is 13.0. The predicted octanol–water partition coefficient (Wildman–Crippen LogP) is 4.26. The average Bonchev–Trinajstić information content (AvgIpc) is 3.52. The van der Waals surface area contributed by atoms with Crippen LogP contribution in [0.2, 0.25) is 0 Å². The molecule has 176 valence electrons. The summed E-state index contributed by atoms with van der Waals surface area (Å²) in [4.78, 5) is 7.02. The minimum absolute atomic E-state index is 0. The van der Waals surface area contributed by atoms with Crippen LogP contribution in [0.15, 0.2) is 52.1 Å². The summed E-state index contributed by atoms with van der Waals surface area (Å²) in [6.07, 6.45) is 6.31. The number of guanidine groups is 1. The Morgan fingerprint density at radius 2 is 1.84 bits per heavy atom. The van der Waals surface area contributed by atoms with Crippen LogP contribution in [0.1, 0.15) is 48.6 Å². The monoisotopic (exact) mass is 552 g/mol. The SMILES string of the molecule is CN=C(NCC(c1ccco1)N1CCCC1)NCC1(c2ccccc2C)CCOCC1.I. The number of hydrogen-bond acceptors (Lipinski definition) is 4. The Labute approximate surface area is 209 Å². The van der Waals surface area contributed by atoms with Crippen LogP contribution in [-0.2, 0) is 10.2 Å². The summed E-state index contributed by atoms with van der Waals surface area (Å²) < 4.78 is 11.5. The van der Waals surface area contributed by atoms with Crippen molar-refractivity contribution >= 4 is 29.9 Å². The maximum absolute atomic E-state index is 5.76. The van der Waals surface area contributed by atoms with Crippen LogP contribution in [0.3, 0.4) is 0 Å². The number of ether oxygens (including phenoxy) is 1. The van der Waals surface area contributed by atoms with Crippen molar-refractivity contribution in [2.75, 3.05) is 46.4 Å². The Morgan fingerprint density at radius 3 is 2.50 bits per heavy atom. The third-order valence-electron chi connectivity index (χ3n) is 6.90. The van der Waals surface area contributed by atoms with Gasteiger partial charge in [0.2, 0.25) is 0 Å². The lowest BCUT2D eigenvalue weighted by molar-refractivity contribution is 0.0511. The Hall–Kier alpha value is -1.58. The summed E-state index contributed by atoms with van der Waals surface area (Å²) in [5.41, 5.74) is 2.84. The Bertz CT molecular complexity index is 843. The molecule has 7 heteroatoms. The van der Waals surface area contributed by atoms with Crippen molar-refractivity contribution in [1.29, 1.82) is 0 Å². The molecule has 4 rings (SSSR count). The average molecular weight is 553 g/mol. The van der Waals surface area contributed by atoms with E-state index in [9.17, 15) is 0 Å². The fourth-order valence-electron chi connectivity index (χ4n) is 5.08. The van der Waals surface area contributed by atoms with Crippen LogP contribution in [0.5, 0.6) is 0 Å². The van der Waals surface area contributed by atoms with Gasteiger partial charge in [-0.05, 0) is 69.0 Å². The van der Waals surface area contributed by atoms with Crippen LogP contribution < -0.4 is 10.6 Å². The van der Waals surface area contributed by atoms with E-state index in [1.165, 1.54) is 24.0 Å². The van der Waals surface area contributed by atoms with E-state index in [0.717, 1.165) is 64.0 Å². The zero-order valence-electron chi connectivity index (χ0n) is 19.3. The van der Waals surface area contributed by atoms with Crippen molar-refractivity contribution in [3.63, 3.8) is 0 Å². The van der Waals surface area contributed by atoms with Gasteiger partial charge < -0.3 is 19.8 Å². The number of aliphatic imine (C=N–C) groups is 1. The number of likely N-dealkylation sites (tertiary alicyclic amines) is 1. The van der Waals surface area contributed by atoms with Gasteiger partial charge in [0, 0.05) is 38.8 Å². The predicted molar refractivity (Wildman–Crippen MR) is 140 cm³/mol. The van der Waals surface area contributed by atoms with Gasteiger partial charge >= 0.3 is 0 Å². The van der Waals surface area contributed by atoms with Crippen molar-refractivity contribution in [1.82, 2.24) is 15.5 Å². The number of nitrogens with zero attached hydrogens (tertiary/aromatic N) is 2. The smallest absolute Gasteiger partial charge is 0.191 e. The highest BCUT2D eigenvalue weighted by atomic mass is 127. The number of furan rings is 1. The number of nitrogens with one attached hydrogen (secondary N) is 2. The third kappa shape index (κ3) is 5.85. The lowest BCUT2D eigenvalue weighted by Crippen LogP contribution is -2.49. The van der Waals surface area contributed by atoms with Crippen molar-refractivity contribution in [3.05, 3.63) is 59.5 Å². The molecule has 2 aliphatic heterocycles. The summed E-state index contributed by atoms with van der Waals surface area (Å²) in [5, 5.41) is 7.19. The molecule has 2 saturated heterocycles. The lowest BCUT2D eigenvalue weighted by Gasteiger charge is -2.39. The second kappa shape index (κ2) is 12.0. The Morgan fingerprint density at radius 1 is 1.09 bits per heavy atom. The number of hydrogen-bond donors (Lipinski definition) is 2. The molecular weight excluding hydrogens is 515 g/mol. The summed E-state index contributed by atoms with van der Waals surface area (Å²) in [7, 11) is 1.84. The van der Waals surface area contributed by atoms with Gasteiger partial charge in [0.25, 0.3) is 0 Å². The van der Waals surface area contributed by atoms with E-state index in [1.807, 2.05) is 13.1 Å². The molecule has 2 aliphatic rings. The molecule has 0 radical (unpaired) electrons. The van der Waals surface area contributed by atoms with E-state index in [1.54, 1.807) is 6.26 Å². The van der Waals surface area contributed by atoms with Crippen LogP contribution in [0, 0.1) is 6.92 Å². The van der Waals surface area contributed by atoms with Gasteiger partial charge in [-0.1, -0.05) is 24.3 Å². The number of aryl methyl sites for hydroxylation is 1. The molecule has 32 heavy (non-hydrogen) atoms. The van der Waals surface area contributed by atoms with Crippen molar-refractivity contribution < 1.29 is 9.15 Å². The fraction of sp³-hybridized carbons (Fsp3) is 0.560. The highest BCUT2D eigenvalue weighted by molar-refractivity contribution is 14.0. The standard InChI is InChI=1S/C25H36N4O2.HI/c1-20-8-3-4-9-21(20)25(11-16-30-17-12-25)19-28-24(26-2)27-18-22(23-10-7-15-31-23)29-13-5-6-14-29;/h3-4,7-10,15,22H,5-6,11-14,16-19H2,1-2H3,(H2,26,27,28);1H. The van der Waals surface area contributed by atoms with Crippen LogP contribution in [0.4, 0.5) is 0 Å². The molecule has 2 N–H and O–H groups in total. The van der Waals surface area contributed by atoms with Gasteiger partial charge in [-0.25, -0.2) is 0 Å². The maximum Gasteiger partial charge on any atom is 0.191 e. The topological polar surface area (TPSA) is 62.0 Å². The molecule has 1 atom stereocenters. The van der Waals surface area contributed by atoms with E-state index in [4.69, 9.17) is 9.15 Å². The molecule has 6 nitrogen and oxygen atoms in total. The molecule has 0 bridgehead atoms. The summed E-state index contributed by atoms with van der Waals surface area (Å²) in [5.74, 6) is 1.86. The van der Waals surface area contributed by atoms with Gasteiger partial charge in [-0.2, -0.15) is 0 Å². The molecule has 0 saturated carbocycles. The van der Waals surface area contributed by atoms with Gasteiger partial charge in [-0.15, -0.1) is 24.0 Å². The Kier molecular flexibility index (Phi) is 9.43. The molecule has 2 aromatic rings. The van der Waals surface area contributed by atoms with Gasteiger partial charge in [-0.3, -0.25) is 9.89 Å².